The summed E-state index contributed by atoms with van der Waals surface area (Å²) in [5.74, 6) is -1.55. The molecule has 0 spiro atoms. The van der Waals surface area contributed by atoms with Crippen molar-refractivity contribution >= 4 is 74.8 Å². The smallest absolute Gasteiger partial charge is 0.263 e. The van der Waals surface area contributed by atoms with Gasteiger partial charge in [0.1, 0.15) is 46.8 Å². The van der Waals surface area contributed by atoms with Crippen LogP contribution in [0.3, 0.4) is 0 Å². The lowest BCUT2D eigenvalue weighted by molar-refractivity contribution is 0.0549. The number of aliphatic hydroxyl groups is 1. The number of benzene rings is 9. The van der Waals surface area contributed by atoms with Gasteiger partial charge >= 0.3 is 0 Å². The lowest BCUT2D eigenvalue weighted by atomic mass is 9.93. The molecule has 123 heavy (non-hydrogen) atoms. The number of carbonyl (C=O) groups excluding carboxylic acids is 5. The van der Waals surface area contributed by atoms with Gasteiger partial charge in [-0.1, -0.05) is 106 Å². The maximum absolute atomic E-state index is 13.2. The standard InChI is InChI=1S/C18H20FNO3S.C17H19FN2O.C17H18FNO2.C17H19FO2S.C15H16FNO2S.C14H12F2/c1-23-11-13-10-16(18(22)20-8-6-15(21)7-9-20)24-17(13)12-2-4-14(19)5-3-12;1-4-20(16-11-7-14(18)8-12-16)15-9-5-13(6-10-15)17(21)19(2)3;1-19(2)17(20)14-6-4-5-13(11-14)16(21-3)12-7-9-15(18)10-8-12;1-11(2)8-15(19)16-9-13(10-20-3)17(21-16)12-4-6-14(18)7-5-12;1-17(2)15(18)13-8-11(9-19-3)14(20-13)10-4-6-12(16)7-5-10;1-10(11-4-2-6-13(15)8-11)12-5-3-7-14(16)9-12/h2-5,10,15,21H,6-9,11H2,1H3;5-12H,4H2,1-3H3;4-11,16H,1-3H3;4-7,9,11H,8,10H2,1-3H3;4-8H,9H2,1-3H3;2-10H,1H3. The number of rotatable bonds is 24. The van der Waals surface area contributed by atoms with Crippen molar-refractivity contribution in [2.24, 2.45) is 5.92 Å². The molecule has 1 aliphatic rings. The van der Waals surface area contributed by atoms with Crippen molar-refractivity contribution in [1.82, 2.24) is 19.6 Å². The number of hydrogen-bond donors (Lipinski definition) is 1. The van der Waals surface area contributed by atoms with Gasteiger partial charge < -0.3 is 48.6 Å². The van der Waals surface area contributed by atoms with Crippen molar-refractivity contribution in [2.45, 2.75) is 84.9 Å². The second-order valence-corrected chi connectivity index (χ2v) is 32.9. The topological polar surface area (TPSA) is 159 Å². The highest BCUT2D eigenvalue weighted by molar-refractivity contribution is 7.18. The largest absolute Gasteiger partial charge is 0.393 e. The Bertz CT molecular complexity index is 5320. The minimum atomic E-state index is -0.333. The van der Waals surface area contributed by atoms with Gasteiger partial charge in [-0.05, 0) is 233 Å². The molecule has 1 fully saturated rings. The number of thiophene rings is 3. The Morgan fingerprint density at radius 2 is 0.780 bits per heavy atom. The first-order chi connectivity index (χ1) is 58.8. The molecule has 9 aromatic carbocycles. The number of nitrogens with zero attached hydrogens (tertiary/aromatic N) is 5. The van der Waals surface area contributed by atoms with E-state index in [0.717, 1.165) is 93.1 Å². The van der Waals surface area contributed by atoms with E-state index in [1.165, 1.54) is 129 Å². The van der Waals surface area contributed by atoms with E-state index >= 15 is 0 Å². The molecule has 15 nitrogen and oxygen atoms in total. The zero-order chi connectivity index (χ0) is 89.6. The molecule has 4 heterocycles. The summed E-state index contributed by atoms with van der Waals surface area (Å²) in [5, 5.41) is 9.59. The Morgan fingerprint density at radius 3 is 1.18 bits per heavy atom. The van der Waals surface area contributed by atoms with Gasteiger partial charge in [0, 0.05) is 140 Å². The highest BCUT2D eigenvalue weighted by atomic mass is 32.1. The van der Waals surface area contributed by atoms with Crippen LogP contribution >= 0.6 is 34.0 Å². The van der Waals surface area contributed by atoms with Crippen LogP contribution in [0.25, 0.3) is 31.3 Å². The molecule has 13 rings (SSSR count). The maximum Gasteiger partial charge on any atom is 0.263 e. The van der Waals surface area contributed by atoms with E-state index in [9.17, 15) is 59.8 Å². The van der Waals surface area contributed by atoms with Crippen molar-refractivity contribution < 1.29 is 78.8 Å². The predicted molar refractivity (Wildman–Crippen MR) is 478 cm³/mol. The summed E-state index contributed by atoms with van der Waals surface area (Å²) >= 11 is 4.26. The van der Waals surface area contributed by atoms with E-state index in [1.807, 2.05) is 94.4 Å². The van der Waals surface area contributed by atoms with Crippen molar-refractivity contribution in [3.05, 3.63) is 342 Å². The number of anilines is 2. The Morgan fingerprint density at radius 1 is 0.415 bits per heavy atom. The van der Waals surface area contributed by atoms with Crippen LogP contribution in [0.15, 0.2) is 237 Å². The van der Waals surface area contributed by atoms with E-state index in [0.29, 0.717) is 79.0 Å². The van der Waals surface area contributed by atoms with Gasteiger partial charge in [-0.25, -0.2) is 30.7 Å². The Labute approximate surface area is 728 Å². The van der Waals surface area contributed by atoms with E-state index in [4.69, 9.17) is 18.9 Å². The van der Waals surface area contributed by atoms with E-state index in [-0.39, 0.29) is 88.3 Å². The summed E-state index contributed by atoms with van der Waals surface area (Å²) in [6.07, 6.45) is 1.13. The lowest BCUT2D eigenvalue weighted by Gasteiger charge is -2.29. The van der Waals surface area contributed by atoms with E-state index in [2.05, 4.69) is 4.90 Å². The van der Waals surface area contributed by atoms with Crippen LogP contribution in [0.4, 0.5) is 42.1 Å². The van der Waals surface area contributed by atoms with E-state index in [1.54, 1.807) is 165 Å². The molecule has 25 heteroatoms. The number of likely N-dealkylation sites (tertiary alicyclic amines) is 1. The zero-order valence-electron chi connectivity index (χ0n) is 71.4. The fourth-order valence-electron chi connectivity index (χ4n) is 13.0. The lowest BCUT2D eigenvalue weighted by Crippen LogP contribution is -2.39. The molecule has 0 aliphatic carbocycles. The number of ketones is 1. The van der Waals surface area contributed by atoms with Crippen LogP contribution in [0, 0.1) is 46.6 Å². The van der Waals surface area contributed by atoms with Gasteiger partial charge in [-0.15, -0.1) is 34.0 Å². The molecule has 0 bridgehead atoms. The van der Waals surface area contributed by atoms with Crippen LogP contribution in [0.1, 0.15) is 148 Å². The van der Waals surface area contributed by atoms with Gasteiger partial charge in [-0.2, -0.15) is 0 Å². The monoisotopic (exact) mass is 1740 g/mol. The summed E-state index contributed by atoms with van der Waals surface area (Å²) in [5.41, 5.74) is 12.1. The van der Waals surface area contributed by atoms with Gasteiger partial charge in [0.25, 0.3) is 23.6 Å². The minimum Gasteiger partial charge on any atom is -0.393 e. The molecule has 1 aliphatic heterocycles. The van der Waals surface area contributed by atoms with Crippen LogP contribution < -0.4 is 4.90 Å². The van der Waals surface area contributed by atoms with Gasteiger partial charge in [0.05, 0.1) is 40.6 Å². The average Bonchev–Trinajstić information content (AvgIpc) is 1.69. The summed E-state index contributed by atoms with van der Waals surface area (Å²) in [7, 11) is 16.8. The van der Waals surface area contributed by atoms with Crippen molar-refractivity contribution in [3.8, 4) is 31.3 Å². The number of aliphatic hydroxyl groups excluding tert-OH is 1. The third-order valence-corrected chi connectivity index (χ3v) is 23.0. The summed E-state index contributed by atoms with van der Waals surface area (Å²) < 4.78 is 112. The summed E-state index contributed by atoms with van der Waals surface area (Å²) in [6.45, 7) is 11.2. The molecule has 1 saturated heterocycles. The first-order valence-corrected chi connectivity index (χ1v) is 42.1. The molecule has 1 unspecified atom stereocenters. The van der Waals surface area contributed by atoms with Crippen molar-refractivity contribution in [2.75, 3.05) is 95.3 Å². The molecule has 12 aromatic rings. The Balaban J connectivity index is 0.000000184. The summed E-state index contributed by atoms with van der Waals surface area (Å²) in [6, 6.07) is 64.5. The number of hydrogen-bond acceptors (Lipinski definition) is 14. The average molecular weight is 1740 g/mol. The predicted octanol–water partition coefficient (Wildman–Crippen LogP) is 22.7. The molecule has 4 amide bonds. The first-order valence-electron chi connectivity index (χ1n) is 39.6. The highest BCUT2D eigenvalue weighted by Gasteiger charge is 2.27. The van der Waals surface area contributed by atoms with Gasteiger partial charge in [0.2, 0.25) is 0 Å². The Hall–Kier alpha value is -11.3. The number of ether oxygens (including phenoxy) is 4. The molecule has 0 radical (unpaired) electrons. The second-order valence-electron chi connectivity index (χ2n) is 29.8. The fraction of sp³-hybridized carbons (Fsp3) is 0.276. The van der Waals surface area contributed by atoms with Crippen LogP contribution in [-0.2, 0) is 38.8 Å². The third-order valence-electron chi connectivity index (χ3n) is 19.3. The second kappa shape index (κ2) is 48.0. The zero-order valence-corrected chi connectivity index (χ0v) is 73.9. The summed E-state index contributed by atoms with van der Waals surface area (Å²) in [4.78, 5) is 74.2. The SMILES string of the molecule is CC(c1cccc(F)c1)c1cccc(F)c1.CCN(c1ccc(F)cc1)c1ccc(C(=O)N(C)C)cc1.COC(c1ccc(F)cc1)c1cccc(C(=O)N(C)C)c1.COCc1cc(C(=O)CC(C)C)sc1-c1ccc(F)cc1.COCc1cc(C(=O)N(C)C)sc1-c1ccc(F)cc1.COCc1cc(C(=O)N2CCC(O)CC2)sc1-c1ccc(F)cc1. The van der Waals surface area contributed by atoms with Crippen LogP contribution in [0.2, 0.25) is 0 Å². The third kappa shape index (κ3) is 28.7. The van der Waals surface area contributed by atoms with Crippen molar-refractivity contribution in [3.63, 3.8) is 0 Å². The van der Waals surface area contributed by atoms with Gasteiger partial charge in [0.15, 0.2) is 5.78 Å². The molecule has 648 valence electrons. The quantitative estimate of drug-likeness (QED) is 0.0453. The molecule has 3 aromatic heterocycles. The number of piperidine rings is 1. The number of carbonyl (C=O) groups is 5. The number of halogens is 7. The van der Waals surface area contributed by atoms with Crippen molar-refractivity contribution in [1.29, 1.82) is 0 Å². The molecular formula is C98H104F7N5O10S3. The number of methoxy groups -OCH3 is 4. The van der Waals surface area contributed by atoms with E-state index < -0.39 is 0 Å². The fourth-order valence-corrected chi connectivity index (χ4v) is 16.4. The normalized spacial score (nSPS) is 11.9. The first kappa shape index (κ1) is 97.2. The number of Topliss-reactive ketones (excluding diaryl/α,β-unsaturated/α-hetero) is 1. The van der Waals surface area contributed by atoms with Crippen LogP contribution in [0.5, 0.6) is 0 Å². The number of amides is 4. The van der Waals surface area contributed by atoms with Gasteiger partial charge in [-0.3, -0.25) is 24.0 Å². The molecule has 0 saturated carbocycles. The molecular weight excluding hydrogens is 1640 g/mol. The Kier molecular flexibility index (Phi) is 37.9. The highest BCUT2D eigenvalue weighted by Crippen LogP contribution is 2.39. The maximum atomic E-state index is 13.2. The minimum absolute atomic E-state index is 0.00796. The van der Waals surface area contributed by atoms with Crippen LogP contribution in [-0.4, -0.2) is 151 Å². The molecule has 1 N–H and O–H groups in total. The molecule has 1 atom stereocenters.